The molecule has 0 spiro atoms. The number of aryl methyl sites for hydroxylation is 2. The number of sulfone groups is 1. The monoisotopic (exact) mass is 701 g/mol. The summed E-state index contributed by atoms with van der Waals surface area (Å²) < 4.78 is 67.9. The van der Waals surface area contributed by atoms with Crippen molar-refractivity contribution in [2.24, 2.45) is 7.05 Å². The van der Waals surface area contributed by atoms with Crippen LogP contribution in [0.3, 0.4) is 0 Å². The average Bonchev–Trinajstić information content (AvgIpc) is 3.80. The van der Waals surface area contributed by atoms with Crippen LogP contribution in [-0.2, 0) is 45.8 Å². The molecular weight excluding hydrogens is 668 g/mol. The lowest BCUT2D eigenvalue weighted by Gasteiger charge is -2.28. The molecule has 0 radical (unpaired) electrons. The summed E-state index contributed by atoms with van der Waals surface area (Å²) in [6.07, 6.45) is 1.91. The summed E-state index contributed by atoms with van der Waals surface area (Å²) >= 11 is 0. The van der Waals surface area contributed by atoms with Gasteiger partial charge < -0.3 is 14.8 Å². The maximum atomic E-state index is 15.8. The van der Waals surface area contributed by atoms with E-state index in [1.54, 1.807) is 38.4 Å². The Morgan fingerprint density at radius 2 is 1.94 bits per heavy atom. The number of carboxylic acid groups (broad SMARTS) is 1. The number of carbonyl (C=O) groups is 1. The van der Waals surface area contributed by atoms with Crippen molar-refractivity contribution in [2.75, 3.05) is 5.75 Å². The zero-order valence-electron chi connectivity index (χ0n) is 27.4. The van der Waals surface area contributed by atoms with Crippen molar-refractivity contribution < 1.29 is 31.8 Å². The highest BCUT2D eigenvalue weighted by molar-refractivity contribution is 7.90. The molecule has 0 saturated carbocycles. The highest BCUT2D eigenvalue weighted by Gasteiger charge is 2.36. The zero-order valence-corrected chi connectivity index (χ0v) is 28.3. The number of carboxylic acids is 1. The maximum Gasteiger partial charge on any atom is 0.303 e. The molecule has 15 heteroatoms. The van der Waals surface area contributed by atoms with Gasteiger partial charge in [-0.05, 0) is 62.1 Å². The number of fused-ring (bicyclic) bond motifs is 10. The molecule has 12 nitrogen and oxygen atoms in total. The second-order valence-corrected chi connectivity index (χ2v) is 15.0. The van der Waals surface area contributed by atoms with E-state index < -0.39 is 38.6 Å². The molecule has 0 saturated heterocycles. The molecule has 3 aromatic carbocycles. The fourth-order valence-electron chi connectivity index (χ4n) is 6.38. The first-order valence-corrected chi connectivity index (χ1v) is 17.7. The van der Waals surface area contributed by atoms with Gasteiger partial charge in [-0.1, -0.05) is 29.5 Å². The Labute approximate surface area is 285 Å². The molecule has 1 aliphatic rings. The number of aliphatic carboxylic acids is 1. The van der Waals surface area contributed by atoms with E-state index in [1.165, 1.54) is 33.6 Å². The number of halogens is 2. The molecule has 2 N–H and O–H groups in total. The summed E-state index contributed by atoms with van der Waals surface area (Å²) in [5, 5.41) is 23.0. The summed E-state index contributed by atoms with van der Waals surface area (Å²) in [4.78, 5) is 19.1. The quantitative estimate of drug-likeness (QED) is 0.238. The van der Waals surface area contributed by atoms with Crippen LogP contribution in [0.25, 0.3) is 22.3 Å². The lowest BCUT2D eigenvalue weighted by Crippen LogP contribution is -2.29. The van der Waals surface area contributed by atoms with Gasteiger partial charge in [0.05, 0.1) is 34.7 Å². The molecule has 1 aliphatic heterocycles. The first-order chi connectivity index (χ1) is 23.8. The van der Waals surface area contributed by atoms with E-state index >= 15 is 8.78 Å². The van der Waals surface area contributed by atoms with Crippen molar-refractivity contribution in [3.05, 3.63) is 106 Å². The van der Waals surface area contributed by atoms with Crippen LogP contribution in [-0.4, -0.2) is 60.0 Å². The third-order valence-corrected chi connectivity index (χ3v) is 10.9. The molecule has 4 heterocycles. The highest BCUT2D eigenvalue weighted by Crippen LogP contribution is 2.39. The predicted molar refractivity (Wildman–Crippen MR) is 180 cm³/mol. The van der Waals surface area contributed by atoms with Crippen LogP contribution in [0.5, 0.6) is 11.5 Å². The van der Waals surface area contributed by atoms with Gasteiger partial charge in [0.15, 0.2) is 33.1 Å². The summed E-state index contributed by atoms with van der Waals surface area (Å²) in [5.74, 6) is -2.48. The zero-order chi connectivity index (χ0) is 35.4. The first kappa shape index (κ1) is 33.1. The Hall–Kier alpha value is -5.44. The van der Waals surface area contributed by atoms with Crippen molar-refractivity contribution >= 4 is 26.7 Å². The van der Waals surface area contributed by atoms with Crippen LogP contribution in [0.2, 0.25) is 0 Å². The molecule has 0 fully saturated rings. The minimum absolute atomic E-state index is 0.0112. The number of H-pyrrole nitrogens is 1. The average molecular weight is 702 g/mol. The van der Waals surface area contributed by atoms with Crippen LogP contribution >= 0.6 is 0 Å². The van der Waals surface area contributed by atoms with Gasteiger partial charge in [-0.3, -0.25) is 4.79 Å². The van der Waals surface area contributed by atoms with Crippen LogP contribution < -0.4 is 4.74 Å². The number of rotatable bonds is 4. The topological polar surface area (TPSA) is 158 Å². The Bertz CT molecular complexity index is 2400. The van der Waals surface area contributed by atoms with E-state index in [0.717, 1.165) is 5.56 Å². The molecule has 1 atom stereocenters. The number of benzene rings is 3. The van der Waals surface area contributed by atoms with E-state index in [9.17, 15) is 18.3 Å². The fourth-order valence-corrected chi connectivity index (χ4v) is 7.92. The second kappa shape index (κ2) is 12.5. The van der Waals surface area contributed by atoms with Gasteiger partial charge in [-0.2, -0.15) is 5.10 Å². The van der Waals surface area contributed by atoms with E-state index in [0.29, 0.717) is 27.7 Å². The van der Waals surface area contributed by atoms with Crippen LogP contribution in [0.1, 0.15) is 53.7 Å². The van der Waals surface area contributed by atoms with Crippen molar-refractivity contribution in [3.8, 4) is 22.9 Å². The molecule has 0 amide bonds. The molecule has 1 unspecified atom stereocenters. The maximum absolute atomic E-state index is 15.8. The van der Waals surface area contributed by atoms with Gasteiger partial charge in [-0.15, -0.1) is 5.10 Å². The number of hydrogen-bond donors (Lipinski definition) is 2. The molecular formula is C35H33F2N7O5S. The molecule has 0 aliphatic carbocycles. The predicted octanol–water partition coefficient (Wildman–Crippen LogP) is 5.62. The summed E-state index contributed by atoms with van der Waals surface area (Å²) in [6, 6.07) is 14.3. The molecule has 258 valence electrons. The molecule has 7 rings (SSSR count). The Morgan fingerprint density at radius 3 is 2.74 bits per heavy atom. The highest BCUT2D eigenvalue weighted by atomic mass is 32.2. The summed E-state index contributed by atoms with van der Waals surface area (Å²) in [5.41, 5.74) is 2.05. The third kappa shape index (κ3) is 6.12. The van der Waals surface area contributed by atoms with Gasteiger partial charge in [0.1, 0.15) is 17.3 Å². The second-order valence-electron chi connectivity index (χ2n) is 12.8. The van der Waals surface area contributed by atoms with Crippen LogP contribution in [0, 0.1) is 18.6 Å². The fraction of sp³-hybridized carbons (Fsp3) is 0.286. The number of aromatic nitrogens is 7. The number of ether oxygens (including phenoxy) is 1. The third-order valence-electron chi connectivity index (χ3n) is 9.37. The minimum Gasteiger partial charge on any atom is -0.481 e. The van der Waals surface area contributed by atoms with Gasteiger partial charge in [0, 0.05) is 42.2 Å². The number of aromatic amines is 1. The van der Waals surface area contributed by atoms with Crippen molar-refractivity contribution in [1.29, 1.82) is 0 Å². The summed E-state index contributed by atoms with van der Waals surface area (Å²) in [7, 11) is -2.19. The lowest BCUT2D eigenvalue weighted by atomic mass is 9.78. The smallest absolute Gasteiger partial charge is 0.303 e. The number of nitrogens with one attached hydrogen (secondary N) is 1. The van der Waals surface area contributed by atoms with Gasteiger partial charge in [0.25, 0.3) is 0 Å². The van der Waals surface area contributed by atoms with Gasteiger partial charge in [-0.25, -0.2) is 31.5 Å². The van der Waals surface area contributed by atoms with Gasteiger partial charge in [0.2, 0.25) is 0 Å². The normalized spacial score (nSPS) is 17.5. The number of hydrogen-bond acceptors (Lipinski definition) is 8. The Morgan fingerprint density at radius 1 is 1.12 bits per heavy atom. The van der Waals surface area contributed by atoms with Gasteiger partial charge >= 0.3 is 5.97 Å². The van der Waals surface area contributed by atoms with Crippen molar-refractivity contribution in [1.82, 2.24) is 34.7 Å². The first-order valence-electron chi connectivity index (χ1n) is 15.9. The largest absolute Gasteiger partial charge is 0.481 e. The molecule has 6 bridgehead atoms. The molecule has 6 aromatic rings. The molecule has 3 aromatic heterocycles. The van der Waals surface area contributed by atoms with Crippen LogP contribution in [0.15, 0.2) is 60.8 Å². The standard InChI is InChI=1S/C35H33F2N7O5S/c1-20-30-19-50(47,48)14-12-35(2,22-6-4-5-21(15-22)7-10-31(45)46)34-39-33(43(3)41-34)25-16-23(8-9-27(25)36)49-32-26(18-44(20)42-40-30)24-11-13-38-29(24)17-28(32)37/h4-6,8-9,11,13,15-17,38H,7,10,12,14,18-19H2,1-3H3,(H,45,46). The SMILES string of the molecule is Cc1c2nnn1Cc1c(c(F)cc3[nH]ccc13)Oc1ccc(F)c(c1)-c1nc(nn1C)C(C)(c1cccc(CCC(=O)O)c1)CCS(=O)(=O)C2. The lowest BCUT2D eigenvalue weighted by molar-refractivity contribution is -0.136. The van der Waals surface area contributed by atoms with E-state index in [2.05, 4.69) is 20.4 Å². The van der Waals surface area contributed by atoms with E-state index in [4.69, 9.17) is 9.72 Å². The van der Waals surface area contributed by atoms with Crippen molar-refractivity contribution in [3.63, 3.8) is 0 Å². The van der Waals surface area contributed by atoms with E-state index in [-0.39, 0.29) is 66.0 Å². The van der Waals surface area contributed by atoms with Crippen LogP contribution in [0.4, 0.5) is 8.78 Å². The van der Waals surface area contributed by atoms with E-state index in [1.807, 2.05) is 19.1 Å². The Kier molecular flexibility index (Phi) is 8.25. The van der Waals surface area contributed by atoms with Crippen molar-refractivity contribution in [2.45, 2.75) is 50.8 Å². The molecule has 50 heavy (non-hydrogen) atoms. The summed E-state index contributed by atoms with van der Waals surface area (Å²) in [6.45, 7) is 3.53. The number of nitrogens with zero attached hydrogens (tertiary/aromatic N) is 6. The Balaban J connectivity index is 1.41. The minimum atomic E-state index is -3.80.